The molecule has 0 saturated heterocycles. The van der Waals surface area contributed by atoms with Crippen LogP contribution >= 0.6 is 0 Å². The second-order valence-electron chi connectivity index (χ2n) is 17.6. The standard InChI is InChI=1S/C68H47N/c1-7-22-48(23-8-1)55-44-56(49-24-9-2-10-25-49)46-59(45-55)69(57-40-38-51(39-41-57)61-37-21-36-60(50-26-11-3-12-27-50)66(61)52-28-13-4-14-29-52)58-42-43-63-62-34-19-20-35-64(62)67(53-30-15-5-16-31-53)68(65(63)47-58)54-32-17-6-18-33-54/h1-47H. The van der Waals surface area contributed by atoms with Gasteiger partial charge in [-0.05, 0) is 142 Å². The smallest absolute Gasteiger partial charge is 0.0473 e. The minimum atomic E-state index is 1.06. The van der Waals surface area contributed by atoms with Crippen molar-refractivity contribution in [1.29, 1.82) is 0 Å². The zero-order valence-electron chi connectivity index (χ0n) is 38.1. The molecule has 0 aromatic heterocycles. The lowest BCUT2D eigenvalue weighted by Gasteiger charge is -2.28. The Bertz CT molecular complexity index is 3660. The van der Waals surface area contributed by atoms with Crippen molar-refractivity contribution in [3.8, 4) is 77.9 Å². The van der Waals surface area contributed by atoms with Gasteiger partial charge in [-0.3, -0.25) is 0 Å². The summed E-state index contributed by atoms with van der Waals surface area (Å²) in [5.74, 6) is 0. The molecule has 0 N–H and O–H groups in total. The van der Waals surface area contributed by atoms with Gasteiger partial charge in [-0.1, -0.05) is 243 Å². The van der Waals surface area contributed by atoms with Crippen molar-refractivity contribution in [1.82, 2.24) is 0 Å². The molecule has 0 bridgehead atoms. The van der Waals surface area contributed by atoms with Gasteiger partial charge in [-0.2, -0.15) is 0 Å². The molecule has 0 aliphatic carbocycles. The molecule has 12 aromatic rings. The number of hydrogen-bond donors (Lipinski definition) is 0. The van der Waals surface area contributed by atoms with Gasteiger partial charge in [0.1, 0.15) is 0 Å². The Hall–Kier alpha value is -9.04. The number of anilines is 3. The molecule has 0 atom stereocenters. The number of fused-ring (bicyclic) bond motifs is 3. The van der Waals surface area contributed by atoms with Crippen molar-refractivity contribution in [3.05, 3.63) is 285 Å². The molecule has 69 heavy (non-hydrogen) atoms. The SMILES string of the molecule is c1ccc(-c2cc(-c3ccccc3)cc(N(c3ccc(-c4cccc(-c5ccccc5)c4-c4ccccc4)cc3)c3ccc4c(c3)c(-c3ccccc3)c(-c3ccccc3)c3ccccc34)c2)cc1. The summed E-state index contributed by atoms with van der Waals surface area (Å²) in [4.78, 5) is 2.45. The largest absolute Gasteiger partial charge is 0.310 e. The molecule has 0 fully saturated rings. The molecule has 0 unspecified atom stereocenters. The van der Waals surface area contributed by atoms with Crippen molar-refractivity contribution in [2.75, 3.05) is 4.90 Å². The molecule has 0 spiro atoms. The number of benzene rings is 12. The Balaban J connectivity index is 1.11. The second kappa shape index (κ2) is 18.3. The maximum atomic E-state index is 2.45. The summed E-state index contributed by atoms with van der Waals surface area (Å²) < 4.78 is 0. The van der Waals surface area contributed by atoms with Crippen LogP contribution in [0.3, 0.4) is 0 Å². The van der Waals surface area contributed by atoms with Crippen molar-refractivity contribution in [2.45, 2.75) is 0 Å². The van der Waals surface area contributed by atoms with E-state index in [4.69, 9.17) is 0 Å². The average molecular weight is 878 g/mol. The molecule has 0 saturated carbocycles. The van der Waals surface area contributed by atoms with Crippen LogP contribution in [-0.4, -0.2) is 0 Å². The van der Waals surface area contributed by atoms with E-state index in [2.05, 4.69) is 290 Å². The van der Waals surface area contributed by atoms with Crippen LogP contribution in [0.2, 0.25) is 0 Å². The van der Waals surface area contributed by atoms with Gasteiger partial charge in [0.2, 0.25) is 0 Å². The highest BCUT2D eigenvalue weighted by Gasteiger charge is 2.22. The predicted molar refractivity (Wildman–Crippen MR) is 294 cm³/mol. The maximum Gasteiger partial charge on any atom is 0.0473 e. The molecule has 0 amide bonds. The summed E-state index contributed by atoms with van der Waals surface area (Å²) in [6, 6.07) is 104. The van der Waals surface area contributed by atoms with Gasteiger partial charge in [-0.15, -0.1) is 0 Å². The van der Waals surface area contributed by atoms with Gasteiger partial charge in [0.15, 0.2) is 0 Å². The van der Waals surface area contributed by atoms with Crippen LogP contribution in [0.5, 0.6) is 0 Å². The van der Waals surface area contributed by atoms with Gasteiger partial charge in [0.25, 0.3) is 0 Å². The first-order valence-electron chi connectivity index (χ1n) is 23.7. The monoisotopic (exact) mass is 877 g/mol. The van der Waals surface area contributed by atoms with Gasteiger partial charge in [0.05, 0.1) is 0 Å². The van der Waals surface area contributed by atoms with E-state index in [1.807, 2.05) is 0 Å². The number of nitrogens with zero attached hydrogens (tertiary/aromatic N) is 1. The molecule has 0 heterocycles. The number of rotatable bonds is 10. The molecule has 1 nitrogen and oxygen atoms in total. The zero-order valence-corrected chi connectivity index (χ0v) is 38.1. The van der Waals surface area contributed by atoms with E-state index in [0.29, 0.717) is 0 Å². The van der Waals surface area contributed by atoms with Crippen molar-refractivity contribution < 1.29 is 0 Å². The topological polar surface area (TPSA) is 3.24 Å². The van der Waals surface area contributed by atoms with Gasteiger partial charge in [-0.25, -0.2) is 0 Å². The predicted octanol–water partition coefficient (Wildman–Crippen LogP) is 19.1. The third-order valence-electron chi connectivity index (χ3n) is 13.4. The Labute approximate surface area is 404 Å². The summed E-state index contributed by atoms with van der Waals surface area (Å²) in [5, 5.41) is 4.89. The normalized spacial score (nSPS) is 11.2. The van der Waals surface area contributed by atoms with Crippen molar-refractivity contribution >= 4 is 38.6 Å². The first kappa shape index (κ1) is 41.4. The lowest BCUT2D eigenvalue weighted by Crippen LogP contribution is -2.10. The summed E-state index contributed by atoms with van der Waals surface area (Å²) in [6.45, 7) is 0. The lowest BCUT2D eigenvalue weighted by molar-refractivity contribution is 1.29. The molecule has 0 aliphatic rings. The minimum Gasteiger partial charge on any atom is -0.310 e. The average Bonchev–Trinajstić information content (AvgIpc) is 3.44. The van der Waals surface area contributed by atoms with E-state index in [1.54, 1.807) is 0 Å². The fourth-order valence-corrected chi connectivity index (χ4v) is 10.3. The quantitative estimate of drug-likeness (QED) is 0.124. The highest BCUT2D eigenvalue weighted by Crippen LogP contribution is 2.48. The highest BCUT2D eigenvalue weighted by molar-refractivity contribution is 6.22. The van der Waals surface area contributed by atoms with Crippen LogP contribution in [-0.2, 0) is 0 Å². The zero-order chi connectivity index (χ0) is 45.9. The molecule has 0 aliphatic heterocycles. The van der Waals surface area contributed by atoms with E-state index in [9.17, 15) is 0 Å². The van der Waals surface area contributed by atoms with E-state index < -0.39 is 0 Å². The third kappa shape index (κ3) is 7.97. The summed E-state index contributed by atoms with van der Waals surface area (Å²) >= 11 is 0. The molecular formula is C68H47N. The summed E-state index contributed by atoms with van der Waals surface area (Å²) in [5.41, 5.74) is 19.9. The second-order valence-corrected chi connectivity index (χ2v) is 17.6. The van der Waals surface area contributed by atoms with Crippen LogP contribution in [0, 0.1) is 0 Å². The Morgan fingerprint density at radius 2 is 0.551 bits per heavy atom. The fraction of sp³-hybridized carbons (Fsp3) is 0. The van der Waals surface area contributed by atoms with Crippen LogP contribution in [0.15, 0.2) is 285 Å². The minimum absolute atomic E-state index is 1.06. The van der Waals surface area contributed by atoms with E-state index >= 15 is 0 Å². The molecular weight excluding hydrogens is 831 g/mol. The molecule has 12 rings (SSSR count). The molecule has 0 radical (unpaired) electrons. The molecule has 12 aromatic carbocycles. The first-order chi connectivity index (χ1) is 34.2. The van der Waals surface area contributed by atoms with Crippen LogP contribution in [0.4, 0.5) is 17.1 Å². The third-order valence-corrected chi connectivity index (χ3v) is 13.4. The van der Waals surface area contributed by atoms with Crippen LogP contribution < -0.4 is 4.90 Å². The molecule has 1 heteroatoms. The summed E-state index contributed by atoms with van der Waals surface area (Å²) in [7, 11) is 0. The van der Waals surface area contributed by atoms with E-state index in [0.717, 1.165) is 33.8 Å². The highest BCUT2D eigenvalue weighted by atomic mass is 15.1. The molecule has 324 valence electrons. The van der Waals surface area contributed by atoms with Crippen molar-refractivity contribution in [3.63, 3.8) is 0 Å². The Kier molecular flexibility index (Phi) is 11.0. The lowest BCUT2D eigenvalue weighted by atomic mass is 9.85. The number of hydrogen-bond acceptors (Lipinski definition) is 1. The van der Waals surface area contributed by atoms with E-state index in [-0.39, 0.29) is 0 Å². The van der Waals surface area contributed by atoms with Gasteiger partial charge >= 0.3 is 0 Å². The Morgan fingerprint density at radius 3 is 1.06 bits per heavy atom. The van der Waals surface area contributed by atoms with Gasteiger partial charge < -0.3 is 4.90 Å². The Morgan fingerprint density at radius 1 is 0.174 bits per heavy atom. The maximum absolute atomic E-state index is 2.45. The van der Waals surface area contributed by atoms with Crippen LogP contribution in [0.1, 0.15) is 0 Å². The fourth-order valence-electron chi connectivity index (χ4n) is 10.3. The summed E-state index contributed by atoms with van der Waals surface area (Å²) in [6.07, 6.45) is 0. The van der Waals surface area contributed by atoms with Crippen molar-refractivity contribution in [2.24, 2.45) is 0 Å². The first-order valence-corrected chi connectivity index (χ1v) is 23.7. The van der Waals surface area contributed by atoms with Crippen LogP contribution in [0.25, 0.3) is 99.4 Å². The van der Waals surface area contributed by atoms with Gasteiger partial charge in [0, 0.05) is 17.1 Å². The van der Waals surface area contributed by atoms with E-state index in [1.165, 1.54) is 82.7 Å².